The Balaban J connectivity index is 1.51. The van der Waals surface area contributed by atoms with Crippen LogP contribution in [0.4, 0.5) is 4.79 Å². The molecule has 1 N–H and O–H groups in total. The Labute approximate surface area is 163 Å². The quantitative estimate of drug-likeness (QED) is 0.818. The molecule has 0 saturated carbocycles. The number of aryl methyl sites for hydroxylation is 1. The van der Waals surface area contributed by atoms with Gasteiger partial charge in [-0.1, -0.05) is 13.8 Å². The number of benzene rings is 1. The second-order valence-corrected chi connectivity index (χ2v) is 8.15. The number of nitrogens with one attached hydrogen (secondary N) is 1. The van der Waals surface area contributed by atoms with Crippen molar-refractivity contribution in [2.24, 2.45) is 13.0 Å². The van der Waals surface area contributed by atoms with E-state index in [2.05, 4.69) is 10.3 Å². The summed E-state index contributed by atoms with van der Waals surface area (Å²) >= 11 is 0. The van der Waals surface area contributed by atoms with E-state index in [-0.39, 0.29) is 23.8 Å². The Morgan fingerprint density at radius 2 is 1.96 bits per heavy atom. The molecule has 0 atom stereocenters. The molecule has 148 valence electrons. The lowest BCUT2D eigenvalue weighted by Gasteiger charge is -2.42. The van der Waals surface area contributed by atoms with E-state index >= 15 is 0 Å². The highest BCUT2D eigenvalue weighted by Crippen LogP contribution is 2.34. The predicted octanol–water partition coefficient (Wildman–Crippen LogP) is 1.76. The third-order valence-electron chi connectivity index (χ3n) is 5.80. The number of amides is 4. The minimum Gasteiger partial charge on any atom is -0.338 e. The lowest BCUT2D eigenvalue weighted by molar-refractivity contribution is -0.129. The van der Waals surface area contributed by atoms with Gasteiger partial charge in [-0.3, -0.25) is 14.9 Å². The van der Waals surface area contributed by atoms with E-state index in [1.807, 2.05) is 37.6 Å². The highest BCUT2D eigenvalue weighted by atomic mass is 16.2. The van der Waals surface area contributed by atoms with Crippen LogP contribution in [0.1, 0.15) is 37.0 Å². The molecule has 4 rings (SSSR count). The van der Waals surface area contributed by atoms with Crippen LogP contribution in [-0.2, 0) is 11.8 Å². The van der Waals surface area contributed by atoms with Gasteiger partial charge in [0.15, 0.2) is 0 Å². The summed E-state index contributed by atoms with van der Waals surface area (Å²) in [5, 5.41) is 2.46. The van der Waals surface area contributed by atoms with Crippen LogP contribution < -0.4 is 5.32 Å². The van der Waals surface area contributed by atoms with Crippen LogP contribution in [0.3, 0.4) is 0 Å². The maximum absolute atomic E-state index is 13.0. The van der Waals surface area contributed by atoms with Gasteiger partial charge in [-0.05, 0) is 37.0 Å². The van der Waals surface area contributed by atoms with Gasteiger partial charge in [-0.2, -0.15) is 0 Å². The van der Waals surface area contributed by atoms with Gasteiger partial charge >= 0.3 is 6.03 Å². The number of imidazole rings is 1. The molecule has 0 unspecified atom stereocenters. The van der Waals surface area contributed by atoms with E-state index in [0.717, 1.165) is 11.0 Å². The number of fused-ring (bicyclic) bond motifs is 1. The first kappa shape index (κ1) is 18.5. The first-order valence-corrected chi connectivity index (χ1v) is 9.65. The maximum Gasteiger partial charge on any atom is 0.325 e. The summed E-state index contributed by atoms with van der Waals surface area (Å²) in [5.74, 6) is -0.0408. The van der Waals surface area contributed by atoms with Crippen LogP contribution in [0.5, 0.6) is 0 Å². The number of likely N-dealkylation sites (tertiary alicyclic amines) is 1. The molecule has 1 aromatic carbocycles. The molecule has 0 radical (unpaired) electrons. The largest absolute Gasteiger partial charge is 0.338 e. The standard InChI is InChI=1S/C20H25N5O3/c1-13(2)11-25-19(28)22-18(27)20(25)6-8-24(9-7-20)17(26)14-4-5-16-15(10-14)21-12-23(16)3/h4-5,10,12-13H,6-9,11H2,1-3H3,(H,22,27,28). The van der Waals surface area contributed by atoms with Gasteiger partial charge in [0, 0.05) is 32.2 Å². The Bertz CT molecular complexity index is 956. The molecular formula is C20H25N5O3. The first-order chi connectivity index (χ1) is 13.3. The van der Waals surface area contributed by atoms with Crippen molar-refractivity contribution >= 4 is 28.9 Å². The SMILES string of the molecule is CC(C)CN1C(=O)NC(=O)C12CCN(C(=O)c1ccc3c(c1)ncn3C)CC2. The molecule has 4 amide bonds. The van der Waals surface area contributed by atoms with Crippen molar-refractivity contribution in [2.75, 3.05) is 19.6 Å². The summed E-state index contributed by atoms with van der Waals surface area (Å²) in [6.45, 7) is 5.46. The van der Waals surface area contributed by atoms with Crippen LogP contribution in [-0.4, -0.2) is 62.4 Å². The monoisotopic (exact) mass is 383 g/mol. The van der Waals surface area contributed by atoms with E-state index < -0.39 is 5.54 Å². The molecule has 2 saturated heterocycles. The molecule has 1 aromatic heterocycles. The number of piperidine rings is 1. The van der Waals surface area contributed by atoms with Gasteiger partial charge in [0.05, 0.1) is 17.4 Å². The Morgan fingerprint density at radius 1 is 1.25 bits per heavy atom. The molecule has 8 nitrogen and oxygen atoms in total. The molecule has 2 aromatic rings. The minimum absolute atomic E-state index is 0.0671. The maximum atomic E-state index is 13.0. The van der Waals surface area contributed by atoms with Crippen molar-refractivity contribution in [3.63, 3.8) is 0 Å². The summed E-state index contributed by atoms with van der Waals surface area (Å²) in [6.07, 6.45) is 2.63. The number of carbonyl (C=O) groups excluding carboxylic acids is 3. The molecule has 2 aliphatic rings. The third kappa shape index (κ3) is 2.83. The van der Waals surface area contributed by atoms with E-state index in [4.69, 9.17) is 0 Å². The van der Waals surface area contributed by atoms with Crippen molar-refractivity contribution in [1.82, 2.24) is 24.7 Å². The van der Waals surface area contributed by atoms with Gasteiger partial charge in [-0.25, -0.2) is 9.78 Å². The van der Waals surface area contributed by atoms with Gasteiger partial charge in [0.2, 0.25) is 0 Å². The van der Waals surface area contributed by atoms with E-state index in [0.29, 0.717) is 38.0 Å². The molecule has 0 bridgehead atoms. The average Bonchev–Trinajstić information content (AvgIpc) is 3.14. The first-order valence-electron chi connectivity index (χ1n) is 9.65. The summed E-state index contributed by atoms with van der Waals surface area (Å²) in [6, 6.07) is 5.19. The van der Waals surface area contributed by atoms with Crippen LogP contribution in [0, 0.1) is 5.92 Å². The number of rotatable bonds is 3. The number of carbonyl (C=O) groups is 3. The van der Waals surface area contributed by atoms with Crippen molar-refractivity contribution in [3.8, 4) is 0 Å². The Hall–Kier alpha value is -2.90. The van der Waals surface area contributed by atoms with Crippen molar-refractivity contribution in [2.45, 2.75) is 32.2 Å². The summed E-state index contributed by atoms with van der Waals surface area (Å²) in [7, 11) is 1.91. The highest BCUT2D eigenvalue weighted by Gasteiger charge is 2.54. The fourth-order valence-corrected chi connectivity index (χ4v) is 4.25. The van der Waals surface area contributed by atoms with Crippen molar-refractivity contribution in [3.05, 3.63) is 30.1 Å². The highest BCUT2D eigenvalue weighted by molar-refractivity contribution is 6.07. The molecule has 2 fully saturated rings. The number of hydrogen-bond donors (Lipinski definition) is 1. The normalized spacial score (nSPS) is 19.1. The zero-order chi connectivity index (χ0) is 20.1. The lowest BCUT2D eigenvalue weighted by Crippen LogP contribution is -2.58. The van der Waals surface area contributed by atoms with E-state index in [1.165, 1.54) is 0 Å². The van der Waals surface area contributed by atoms with Crippen molar-refractivity contribution < 1.29 is 14.4 Å². The topological polar surface area (TPSA) is 87.5 Å². The van der Waals surface area contributed by atoms with Crippen LogP contribution >= 0.6 is 0 Å². The zero-order valence-corrected chi connectivity index (χ0v) is 16.4. The number of hydrogen-bond acceptors (Lipinski definition) is 4. The molecule has 28 heavy (non-hydrogen) atoms. The number of imide groups is 1. The summed E-state index contributed by atoms with van der Waals surface area (Å²) < 4.78 is 1.91. The van der Waals surface area contributed by atoms with Crippen molar-refractivity contribution in [1.29, 1.82) is 0 Å². The third-order valence-corrected chi connectivity index (χ3v) is 5.80. The molecule has 1 spiro atoms. The number of aromatic nitrogens is 2. The zero-order valence-electron chi connectivity index (χ0n) is 16.4. The fourth-order valence-electron chi connectivity index (χ4n) is 4.25. The smallest absolute Gasteiger partial charge is 0.325 e. The van der Waals surface area contributed by atoms with Crippen LogP contribution in [0.2, 0.25) is 0 Å². The average molecular weight is 383 g/mol. The molecule has 3 heterocycles. The Morgan fingerprint density at radius 3 is 2.64 bits per heavy atom. The van der Waals surface area contributed by atoms with E-state index in [9.17, 15) is 14.4 Å². The molecule has 8 heteroatoms. The van der Waals surface area contributed by atoms with Crippen LogP contribution in [0.25, 0.3) is 11.0 Å². The van der Waals surface area contributed by atoms with Gasteiger partial charge < -0.3 is 14.4 Å². The van der Waals surface area contributed by atoms with Gasteiger partial charge in [-0.15, -0.1) is 0 Å². The summed E-state index contributed by atoms with van der Waals surface area (Å²) in [4.78, 5) is 45.5. The lowest BCUT2D eigenvalue weighted by atomic mass is 9.85. The molecular weight excluding hydrogens is 358 g/mol. The summed E-state index contributed by atoms with van der Waals surface area (Å²) in [5.41, 5.74) is 1.52. The van der Waals surface area contributed by atoms with Gasteiger partial charge in [0.1, 0.15) is 5.54 Å². The minimum atomic E-state index is -0.830. The van der Waals surface area contributed by atoms with E-state index in [1.54, 1.807) is 22.2 Å². The second kappa shape index (κ2) is 6.61. The number of nitrogens with zero attached hydrogens (tertiary/aromatic N) is 4. The second-order valence-electron chi connectivity index (χ2n) is 8.15. The number of urea groups is 1. The fraction of sp³-hybridized carbons (Fsp3) is 0.500. The predicted molar refractivity (Wildman–Crippen MR) is 104 cm³/mol. The Kier molecular flexibility index (Phi) is 4.36. The van der Waals surface area contributed by atoms with Gasteiger partial charge in [0.25, 0.3) is 11.8 Å². The van der Waals surface area contributed by atoms with Crippen LogP contribution in [0.15, 0.2) is 24.5 Å². The molecule has 2 aliphatic heterocycles. The molecule has 0 aliphatic carbocycles.